The Morgan fingerprint density at radius 3 is 2.44 bits per heavy atom. The summed E-state index contributed by atoms with van der Waals surface area (Å²) in [5.41, 5.74) is 6.97. The number of halogens is 1. The Morgan fingerprint density at radius 1 is 1.07 bits per heavy atom. The molecule has 0 aliphatic carbocycles. The van der Waals surface area contributed by atoms with Crippen molar-refractivity contribution in [2.75, 3.05) is 11.1 Å². The number of carbonyl (C=O) groups excluding carboxylic acids is 1. The van der Waals surface area contributed by atoms with Crippen LogP contribution in [0.25, 0.3) is 0 Å². The van der Waals surface area contributed by atoms with E-state index in [1.807, 2.05) is 6.92 Å². The van der Waals surface area contributed by atoms with Gasteiger partial charge in [-0.15, -0.1) is 0 Å². The molecule has 0 bridgehead atoms. The van der Waals surface area contributed by atoms with Crippen LogP contribution in [0.3, 0.4) is 0 Å². The van der Waals surface area contributed by atoms with Gasteiger partial charge in [0.2, 0.25) is 11.9 Å². The van der Waals surface area contributed by atoms with Crippen LogP contribution in [0.1, 0.15) is 29.5 Å². The molecular weight excluding hydrogens is 349 g/mol. The lowest BCUT2D eigenvalue weighted by Crippen LogP contribution is -2.09. The van der Waals surface area contributed by atoms with Crippen LogP contribution in [-0.2, 0) is 6.61 Å². The SMILES string of the molecule is CCC(=O)c1ccc(OCc2nc(N)nc(Nc3ccc(F)cc3)n2)cc1. The molecule has 0 aliphatic rings. The molecule has 0 radical (unpaired) electrons. The van der Waals surface area contributed by atoms with E-state index >= 15 is 0 Å². The first-order valence-corrected chi connectivity index (χ1v) is 8.32. The van der Waals surface area contributed by atoms with Gasteiger partial charge in [0.05, 0.1) is 0 Å². The molecule has 27 heavy (non-hydrogen) atoms. The zero-order valence-electron chi connectivity index (χ0n) is 14.6. The second-order valence-electron chi connectivity index (χ2n) is 5.66. The largest absolute Gasteiger partial charge is 0.486 e. The third-order valence-electron chi connectivity index (χ3n) is 3.66. The van der Waals surface area contributed by atoms with Gasteiger partial charge in [-0.3, -0.25) is 4.79 Å². The monoisotopic (exact) mass is 367 g/mol. The average molecular weight is 367 g/mol. The van der Waals surface area contributed by atoms with Crippen molar-refractivity contribution in [1.82, 2.24) is 15.0 Å². The number of nitrogens with two attached hydrogens (primary N) is 1. The summed E-state index contributed by atoms with van der Waals surface area (Å²) in [6.07, 6.45) is 0.453. The summed E-state index contributed by atoms with van der Waals surface area (Å²) < 4.78 is 18.6. The molecule has 0 unspecified atom stereocenters. The summed E-state index contributed by atoms with van der Waals surface area (Å²) in [5, 5.41) is 2.93. The molecule has 138 valence electrons. The van der Waals surface area contributed by atoms with Gasteiger partial charge in [-0.2, -0.15) is 15.0 Å². The number of Topliss-reactive ketones (excluding diaryl/α,β-unsaturated/α-hetero) is 1. The highest BCUT2D eigenvalue weighted by atomic mass is 19.1. The van der Waals surface area contributed by atoms with Crippen molar-refractivity contribution in [3.8, 4) is 5.75 Å². The van der Waals surface area contributed by atoms with Crippen LogP contribution in [-0.4, -0.2) is 20.7 Å². The van der Waals surface area contributed by atoms with Crippen LogP contribution in [0.2, 0.25) is 0 Å². The van der Waals surface area contributed by atoms with Crippen LogP contribution < -0.4 is 15.8 Å². The van der Waals surface area contributed by atoms with Gasteiger partial charge in [0.25, 0.3) is 0 Å². The van der Waals surface area contributed by atoms with E-state index in [4.69, 9.17) is 10.5 Å². The maximum atomic E-state index is 13.0. The fraction of sp³-hybridized carbons (Fsp3) is 0.158. The second-order valence-corrected chi connectivity index (χ2v) is 5.66. The van der Waals surface area contributed by atoms with Gasteiger partial charge in [-0.1, -0.05) is 6.92 Å². The molecule has 3 aromatic rings. The normalized spacial score (nSPS) is 10.4. The number of nitrogens with one attached hydrogen (secondary N) is 1. The predicted molar refractivity (Wildman–Crippen MR) is 99.3 cm³/mol. The third kappa shape index (κ3) is 4.97. The molecule has 0 saturated carbocycles. The van der Waals surface area contributed by atoms with Crippen molar-refractivity contribution < 1.29 is 13.9 Å². The van der Waals surface area contributed by atoms with E-state index in [2.05, 4.69) is 20.3 Å². The number of nitrogens with zero attached hydrogens (tertiary/aromatic N) is 3. The summed E-state index contributed by atoms with van der Waals surface area (Å²) in [6.45, 7) is 1.89. The Labute approximate surface area is 155 Å². The minimum absolute atomic E-state index is 0.0390. The van der Waals surface area contributed by atoms with Gasteiger partial charge < -0.3 is 15.8 Å². The summed E-state index contributed by atoms with van der Waals surface area (Å²) in [5.74, 6) is 0.920. The zero-order valence-corrected chi connectivity index (χ0v) is 14.6. The number of anilines is 3. The van der Waals surface area contributed by atoms with Crippen LogP contribution >= 0.6 is 0 Å². The molecular formula is C19H18FN5O2. The number of nitrogen functional groups attached to an aromatic ring is 1. The highest BCUT2D eigenvalue weighted by Crippen LogP contribution is 2.17. The van der Waals surface area contributed by atoms with E-state index in [0.717, 1.165) is 0 Å². The first-order chi connectivity index (χ1) is 13.0. The lowest BCUT2D eigenvalue weighted by molar-refractivity contribution is 0.0988. The molecule has 8 heteroatoms. The molecule has 0 fully saturated rings. The van der Waals surface area contributed by atoms with Gasteiger partial charge in [0.1, 0.15) is 18.2 Å². The Morgan fingerprint density at radius 2 is 1.78 bits per heavy atom. The minimum Gasteiger partial charge on any atom is -0.486 e. The average Bonchev–Trinajstić information content (AvgIpc) is 2.67. The predicted octanol–water partition coefficient (Wildman–Crippen LogP) is 3.51. The molecule has 7 nitrogen and oxygen atoms in total. The van der Waals surface area contributed by atoms with E-state index in [-0.39, 0.29) is 30.1 Å². The molecule has 0 spiro atoms. The Bertz CT molecular complexity index is 930. The van der Waals surface area contributed by atoms with Gasteiger partial charge in [0, 0.05) is 17.7 Å². The lowest BCUT2D eigenvalue weighted by Gasteiger charge is -2.09. The van der Waals surface area contributed by atoms with Crippen LogP contribution in [0.4, 0.5) is 22.0 Å². The smallest absolute Gasteiger partial charge is 0.232 e. The standard InChI is InChI=1S/C19H18FN5O2/c1-2-16(26)12-3-9-15(10-4-12)27-11-17-23-18(21)25-19(24-17)22-14-7-5-13(20)6-8-14/h3-10H,2,11H2,1H3,(H3,21,22,23,24,25). The number of rotatable bonds is 7. The van der Waals surface area contributed by atoms with Gasteiger partial charge >= 0.3 is 0 Å². The molecule has 0 saturated heterocycles. The van der Waals surface area contributed by atoms with Crippen molar-refractivity contribution in [2.45, 2.75) is 20.0 Å². The second kappa shape index (κ2) is 8.22. The number of aromatic nitrogens is 3. The highest BCUT2D eigenvalue weighted by Gasteiger charge is 2.07. The van der Waals surface area contributed by atoms with E-state index in [9.17, 15) is 9.18 Å². The quantitative estimate of drug-likeness (QED) is 0.616. The van der Waals surface area contributed by atoms with E-state index in [0.29, 0.717) is 29.2 Å². The van der Waals surface area contributed by atoms with E-state index in [1.165, 1.54) is 12.1 Å². The van der Waals surface area contributed by atoms with E-state index < -0.39 is 0 Å². The topological polar surface area (TPSA) is 103 Å². The zero-order chi connectivity index (χ0) is 19.2. The number of hydrogen-bond donors (Lipinski definition) is 2. The van der Waals surface area contributed by atoms with Crippen molar-refractivity contribution >= 4 is 23.4 Å². The number of ether oxygens (including phenoxy) is 1. The Hall–Kier alpha value is -3.55. The van der Waals surface area contributed by atoms with Crippen LogP contribution in [0.15, 0.2) is 48.5 Å². The lowest BCUT2D eigenvalue weighted by atomic mass is 10.1. The van der Waals surface area contributed by atoms with Crippen LogP contribution in [0.5, 0.6) is 5.75 Å². The van der Waals surface area contributed by atoms with Crippen molar-refractivity contribution in [3.05, 3.63) is 65.7 Å². The fourth-order valence-corrected chi connectivity index (χ4v) is 2.31. The van der Waals surface area contributed by atoms with E-state index in [1.54, 1.807) is 36.4 Å². The molecule has 0 amide bonds. The van der Waals surface area contributed by atoms with Crippen LogP contribution in [0, 0.1) is 5.82 Å². The van der Waals surface area contributed by atoms with Gasteiger partial charge in [-0.25, -0.2) is 4.39 Å². The van der Waals surface area contributed by atoms with Crippen molar-refractivity contribution in [1.29, 1.82) is 0 Å². The fourth-order valence-electron chi connectivity index (χ4n) is 2.31. The number of carbonyl (C=O) groups is 1. The number of benzene rings is 2. The third-order valence-corrected chi connectivity index (χ3v) is 3.66. The maximum Gasteiger partial charge on any atom is 0.232 e. The molecule has 3 N–H and O–H groups in total. The molecule has 0 atom stereocenters. The minimum atomic E-state index is -0.337. The first kappa shape index (κ1) is 18.2. The first-order valence-electron chi connectivity index (χ1n) is 8.32. The summed E-state index contributed by atoms with van der Waals surface area (Å²) in [7, 11) is 0. The molecule has 3 rings (SSSR count). The summed E-state index contributed by atoms with van der Waals surface area (Å²) in [6, 6.07) is 12.6. The van der Waals surface area contributed by atoms with Gasteiger partial charge in [-0.05, 0) is 48.5 Å². The molecule has 1 heterocycles. The molecule has 2 aromatic carbocycles. The van der Waals surface area contributed by atoms with Gasteiger partial charge in [0.15, 0.2) is 11.6 Å². The maximum absolute atomic E-state index is 13.0. The molecule has 0 aliphatic heterocycles. The Balaban J connectivity index is 1.67. The van der Waals surface area contributed by atoms with Crippen molar-refractivity contribution in [3.63, 3.8) is 0 Å². The highest BCUT2D eigenvalue weighted by molar-refractivity contribution is 5.95. The number of ketones is 1. The van der Waals surface area contributed by atoms with Crippen molar-refractivity contribution in [2.24, 2.45) is 0 Å². The molecule has 1 aromatic heterocycles. The number of hydrogen-bond acceptors (Lipinski definition) is 7. The summed E-state index contributed by atoms with van der Waals surface area (Å²) >= 11 is 0. The summed E-state index contributed by atoms with van der Waals surface area (Å²) in [4.78, 5) is 23.9. The Kier molecular flexibility index (Phi) is 5.55.